The van der Waals surface area contributed by atoms with Gasteiger partial charge in [-0.3, -0.25) is 14.2 Å². The molecule has 0 spiro atoms. The number of aromatic nitrogens is 4. The van der Waals surface area contributed by atoms with E-state index >= 15 is 0 Å². The van der Waals surface area contributed by atoms with E-state index in [9.17, 15) is 9.59 Å². The Hall–Kier alpha value is -3.09. The smallest absolute Gasteiger partial charge is 0.261 e. The minimum atomic E-state index is -0.199. The van der Waals surface area contributed by atoms with Crippen molar-refractivity contribution in [2.24, 2.45) is 0 Å². The highest BCUT2D eigenvalue weighted by Gasteiger charge is 2.22. The number of carbonyl (C=O) groups excluding carboxylic acids is 1. The van der Waals surface area contributed by atoms with Gasteiger partial charge in [-0.05, 0) is 12.1 Å². The number of carbonyl (C=O) groups is 1. The number of hydrogen-bond acceptors (Lipinski definition) is 5. The van der Waals surface area contributed by atoms with Gasteiger partial charge in [-0.25, -0.2) is 15.0 Å². The van der Waals surface area contributed by atoms with Crippen molar-refractivity contribution in [3.05, 3.63) is 64.7 Å². The number of hydrogen-bond donors (Lipinski definition) is 0. The highest BCUT2D eigenvalue weighted by molar-refractivity contribution is 5.79. The van der Waals surface area contributed by atoms with Gasteiger partial charge in [0.15, 0.2) is 0 Å². The van der Waals surface area contributed by atoms with E-state index in [1.807, 2.05) is 6.07 Å². The summed E-state index contributed by atoms with van der Waals surface area (Å²) in [6.07, 6.45) is 5.40. The fourth-order valence-corrected chi connectivity index (χ4v) is 2.94. The molecule has 7 nitrogen and oxygen atoms in total. The maximum atomic E-state index is 12.6. The molecule has 120 valence electrons. The molecule has 0 saturated heterocycles. The van der Waals surface area contributed by atoms with Crippen LogP contribution in [0, 0.1) is 0 Å². The van der Waals surface area contributed by atoms with E-state index in [2.05, 4.69) is 15.0 Å². The number of rotatable bonds is 2. The molecule has 7 heteroatoms. The monoisotopic (exact) mass is 321 g/mol. The van der Waals surface area contributed by atoms with E-state index in [1.54, 1.807) is 29.3 Å². The van der Waals surface area contributed by atoms with Crippen LogP contribution in [0.3, 0.4) is 0 Å². The Morgan fingerprint density at radius 2 is 2.08 bits per heavy atom. The number of nitrogens with zero attached hydrogens (tertiary/aromatic N) is 5. The van der Waals surface area contributed by atoms with Crippen molar-refractivity contribution in [1.29, 1.82) is 0 Å². The second kappa shape index (κ2) is 5.84. The van der Waals surface area contributed by atoms with Crippen LogP contribution in [0.4, 0.5) is 0 Å². The first-order chi connectivity index (χ1) is 11.7. The largest absolute Gasteiger partial charge is 0.336 e. The summed E-state index contributed by atoms with van der Waals surface area (Å²) in [5.41, 5.74) is 2.38. The van der Waals surface area contributed by atoms with Gasteiger partial charge in [0.25, 0.3) is 5.56 Å². The maximum Gasteiger partial charge on any atom is 0.261 e. The number of benzene rings is 1. The van der Waals surface area contributed by atoms with Crippen LogP contribution in [-0.4, -0.2) is 36.9 Å². The minimum absolute atomic E-state index is 0.0142. The van der Waals surface area contributed by atoms with Gasteiger partial charge in [0, 0.05) is 31.3 Å². The van der Waals surface area contributed by atoms with Gasteiger partial charge >= 0.3 is 0 Å². The molecule has 1 aliphatic rings. The van der Waals surface area contributed by atoms with Gasteiger partial charge in [0.1, 0.15) is 12.9 Å². The molecule has 2 aromatic heterocycles. The molecule has 1 amide bonds. The van der Waals surface area contributed by atoms with E-state index in [-0.39, 0.29) is 18.0 Å². The Kier molecular flexibility index (Phi) is 3.53. The molecular weight excluding hydrogens is 306 g/mol. The molecule has 0 bridgehead atoms. The summed E-state index contributed by atoms with van der Waals surface area (Å²) >= 11 is 0. The van der Waals surface area contributed by atoms with E-state index in [0.717, 1.165) is 11.3 Å². The number of para-hydroxylation sites is 1. The van der Waals surface area contributed by atoms with E-state index in [1.165, 1.54) is 17.2 Å². The Labute approximate surface area is 137 Å². The van der Waals surface area contributed by atoms with E-state index < -0.39 is 0 Å². The van der Waals surface area contributed by atoms with Crippen LogP contribution in [0.1, 0.15) is 11.3 Å². The van der Waals surface area contributed by atoms with Crippen LogP contribution in [0.25, 0.3) is 10.9 Å². The molecule has 1 aromatic carbocycles. The quantitative estimate of drug-likeness (QED) is 0.696. The van der Waals surface area contributed by atoms with Crippen LogP contribution < -0.4 is 5.56 Å². The lowest BCUT2D eigenvalue weighted by Gasteiger charge is -2.28. The zero-order chi connectivity index (χ0) is 16.5. The lowest BCUT2D eigenvalue weighted by atomic mass is 10.1. The van der Waals surface area contributed by atoms with Crippen molar-refractivity contribution in [2.45, 2.75) is 19.5 Å². The molecule has 0 aliphatic carbocycles. The van der Waals surface area contributed by atoms with Gasteiger partial charge in [0.2, 0.25) is 5.91 Å². The van der Waals surface area contributed by atoms with E-state index in [0.29, 0.717) is 30.4 Å². The third kappa shape index (κ3) is 2.54. The molecule has 0 saturated carbocycles. The van der Waals surface area contributed by atoms with Gasteiger partial charge in [0.05, 0.1) is 22.9 Å². The number of fused-ring (bicyclic) bond motifs is 2. The molecule has 1 aliphatic heterocycles. The second-order valence-corrected chi connectivity index (χ2v) is 5.75. The molecule has 4 rings (SSSR count). The van der Waals surface area contributed by atoms with Gasteiger partial charge in [-0.1, -0.05) is 12.1 Å². The first-order valence-corrected chi connectivity index (χ1v) is 7.72. The van der Waals surface area contributed by atoms with Crippen LogP contribution in [0.2, 0.25) is 0 Å². The lowest BCUT2D eigenvalue weighted by molar-refractivity contribution is -0.132. The molecule has 0 unspecified atom stereocenters. The van der Waals surface area contributed by atoms with Crippen LogP contribution in [0.15, 0.2) is 47.9 Å². The van der Waals surface area contributed by atoms with Crippen LogP contribution in [0.5, 0.6) is 0 Å². The Balaban J connectivity index is 1.57. The summed E-state index contributed by atoms with van der Waals surface area (Å²) < 4.78 is 1.36. The van der Waals surface area contributed by atoms with Gasteiger partial charge < -0.3 is 4.90 Å². The second-order valence-electron chi connectivity index (χ2n) is 5.75. The molecule has 0 fully saturated rings. The zero-order valence-electron chi connectivity index (χ0n) is 12.9. The van der Waals surface area contributed by atoms with Crippen molar-refractivity contribution >= 4 is 16.8 Å². The van der Waals surface area contributed by atoms with Crippen molar-refractivity contribution in [3.63, 3.8) is 0 Å². The standard InChI is InChI=1S/C17H15N5O2/c23-16(21-6-5-14-12(8-21)7-18-10-19-14)9-22-11-20-15-4-2-1-3-13(15)17(22)24/h1-4,7,10-11H,5-6,8-9H2. The summed E-state index contributed by atoms with van der Waals surface area (Å²) in [4.78, 5) is 39.3. The predicted octanol–water partition coefficient (Wildman–Crippen LogP) is 0.771. The van der Waals surface area contributed by atoms with Crippen molar-refractivity contribution in [2.75, 3.05) is 6.54 Å². The summed E-state index contributed by atoms with van der Waals surface area (Å²) in [6, 6.07) is 7.13. The topological polar surface area (TPSA) is 81.0 Å². The summed E-state index contributed by atoms with van der Waals surface area (Å²) in [5.74, 6) is -0.108. The average molecular weight is 321 g/mol. The van der Waals surface area contributed by atoms with Gasteiger partial charge in [-0.2, -0.15) is 0 Å². The molecule has 0 atom stereocenters. The maximum absolute atomic E-state index is 12.6. The Morgan fingerprint density at radius 3 is 3.00 bits per heavy atom. The fourth-order valence-electron chi connectivity index (χ4n) is 2.94. The molecule has 0 N–H and O–H groups in total. The third-order valence-electron chi connectivity index (χ3n) is 4.25. The third-order valence-corrected chi connectivity index (χ3v) is 4.25. The minimum Gasteiger partial charge on any atom is -0.336 e. The van der Waals surface area contributed by atoms with Crippen LogP contribution >= 0.6 is 0 Å². The first-order valence-electron chi connectivity index (χ1n) is 7.72. The summed E-state index contributed by atoms with van der Waals surface area (Å²) in [7, 11) is 0. The molecule has 0 radical (unpaired) electrons. The predicted molar refractivity (Wildman–Crippen MR) is 87.2 cm³/mol. The van der Waals surface area contributed by atoms with Gasteiger partial charge in [-0.15, -0.1) is 0 Å². The SMILES string of the molecule is O=C(Cn1cnc2ccccc2c1=O)N1CCc2ncncc2C1. The molecule has 3 heterocycles. The Bertz CT molecular complexity index is 982. The van der Waals surface area contributed by atoms with Crippen LogP contribution in [-0.2, 0) is 24.3 Å². The molecule has 3 aromatic rings. The van der Waals surface area contributed by atoms with Crippen molar-refractivity contribution in [3.8, 4) is 0 Å². The summed E-state index contributed by atoms with van der Waals surface area (Å²) in [6.45, 7) is 1.06. The average Bonchev–Trinajstić information content (AvgIpc) is 2.64. The number of amides is 1. The molecule has 24 heavy (non-hydrogen) atoms. The first kappa shape index (κ1) is 14.5. The van der Waals surface area contributed by atoms with Crippen molar-refractivity contribution in [1.82, 2.24) is 24.4 Å². The normalized spacial score (nSPS) is 13.8. The summed E-state index contributed by atoms with van der Waals surface area (Å²) in [5, 5.41) is 0.519. The Morgan fingerprint density at radius 1 is 1.21 bits per heavy atom. The highest BCUT2D eigenvalue weighted by Crippen LogP contribution is 2.15. The molecular formula is C17H15N5O2. The fraction of sp³-hybridized carbons (Fsp3) is 0.235. The van der Waals surface area contributed by atoms with E-state index in [4.69, 9.17) is 0 Å². The highest BCUT2D eigenvalue weighted by atomic mass is 16.2. The lowest BCUT2D eigenvalue weighted by Crippen LogP contribution is -2.40. The zero-order valence-corrected chi connectivity index (χ0v) is 12.9. The van der Waals surface area contributed by atoms with Crippen molar-refractivity contribution < 1.29 is 4.79 Å².